The largest absolute Gasteiger partial charge is 0.456 e. The summed E-state index contributed by atoms with van der Waals surface area (Å²) in [6, 6.07) is 58.1. The average molecular weight is 715 g/mol. The predicted octanol–water partition coefficient (Wildman–Crippen LogP) is 13.1. The quantitative estimate of drug-likeness (QED) is 0.182. The van der Waals surface area contributed by atoms with E-state index in [1.165, 1.54) is 0 Å². The lowest BCUT2D eigenvalue weighted by molar-refractivity contribution is 0.669. The van der Waals surface area contributed by atoms with Gasteiger partial charge in [0.1, 0.15) is 34.5 Å². The first-order chi connectivity index (χ1) is 27.7. The molecule has 12 aromatic rings. The second kappa shape index (κ2) is 11.2. The summed E-state index contributed by atoms with van der Waals surface area (Å²) in [6.07, 6.45) is 0. The van der Waals surface area contributed by atoms with Crippen LogP contribution in [0, 0.1) is 22.7 Å². The Morgan fingerprint density at radius 1 is 0.357 bits per heavy atom. The highest BCUT2D eigenvalue weighted by Crippen LogP contribution is 2.44. The lowest BCUT2D eigenvalue weighted by Gasteiger charge is -2.14. The number of hydrogen-bond acceptors (Lipinski definition) is 4. The van der Waals surface area contributed by atoms with Crippen LogP contribution in [-0.4, -0.2) is 9.13 Å². The third kappa shape index (κ3) is 4.02. The van der Waals surface area contributed by atoms with E-state index in [0.717, 1.165) is 110 Å². The Morgan fingerprint density at radius 2 is 0.768 bits per heavy atom. The highest BCUT2D eigenvalue weighted by molar-refractivity contribution is 6.28. The Hall–Kier alpha value is -8.06. The van der Waals surface area contributed by atoms with Gasteiger partial charge in [0.15, 0.2) is 0 Å². The maximum atomic E-state index is 10.7. The zero-order valence-electron chi connectivity index (χ0n) is 29.6. The Bertz CT molecular complexity index is 3500. The molecular formula is C50H26N4O2. The molecule has 0 N–H and O–H groups in total. The van der Waals surface area contributed by atoms with Crippen LogP contribution in [0.25, 0.3) is 110 Å². The number of rotatable bonds is 3. The molecule has 0 aliphatic heterocycles. The van der Waals surface area contributed by atoms with Gasteiger partial charge in [0.05, 0.1) is 44.6 Å². The Morgan fingerprint density at radius 3 is 1.21 bits per heavy atom. The molecule has 0 amide bonds. The lowest BCUT2D eigenvalue weighted by atomic mass is 9.99. The molecule has 4 heterocycles. The first-order valence-corrected chi connectivity index (χ1v) is 18.5. The van der Waals surface area contributed by atoms with Crippen LogP contribution in [0.2, 0.25) is 0 Å². The molecule has 0 aliphatic rings. The molecule has 0 unspecified atom stereocenters. The van der Waals surface area contributed by atoms with Crippen molar-refractivity contribution in [3.05, 3.63) is 169 Å². The van der Waals surface area contributed by atoms with Gasteiger partial charge in [-0.25, -0.2) is 0 Å². The molecule has 0 aliphatic carbocycles. The molecule has 0 radical (unpaired) electrons. The normalized spacial score (nSPS) is 11.9. The molecule has 0 fully saturated rings. The summed E-state index contributed by atoms with van der Waals surface area (Å²) in [6.45, 7) is 0. The molecule has 4 aromatic heterocycles. The minimum atomic E-state index is 0.531. The predicted molar refractivity (Wildman–Crippen MR) is 225 cm³/mol. The van der Waals surface area contributed by atoms with E-state index in [4.69, 9.17) is 8.83 Å². The van der Waals surface area contributed by atoms with Gasteiger partial charge in [-0.2, -0.15) is 10.5 Å². The van der Waals surface area contributed by atoms with Gasteiger partial charge < -0.3 is 18.0 Å². The fourth-order valence-corrected chi connectivity index (χ4v) is 9.07. The molecule has 258 valence electrons. The van der Waals surface area contributed by atoms with Crippen LogP contribution in [0.5, 0.6) is 0 Å². The maximum Gasteiger partial charge on any atom is 0.136 e. The van der Waals surface area contributed by atoms with Crippen LogP contribution >= 0.6 is 0 Å². The van der Waals surface area contributed by atoms with Crippen molar-refractivity contribution in [1.29, 1.82) is 10.5 Å². The Balaban J connectivity index is 1.03. The van der Waals surface area contributed by atoms with Crippen molar-refractivity contribution >= 4 is 87.5 Å². The SMILES string of the molecule is N#Cc1cc(-c2ccc(-n3c4ccccc4c4c5c(ccc43)oc3ccccc35)c(C#N)c2)ccc1-n1c2ccccc2c2c3c(ccc21)oc1ccccc13. The monoisotopic (exact) mass is 714 g/mol. The molecule has 12 rings (SSSR count). The van der Waals surface area contributed by atoms with Gasteiger partial charge >= 0.3 is 0 Å². The van der Waals surface area contributed by atoms with E-state index < -0.39 is 0 Å². The molecule has 8 aromatic carbocycles. The van der Waals surface area contributed by atoms with Crippen molar-refractivity contribution in [3.63, 3.8) is 0 Å². The molecule has 56 heavy (non-hydrogen) atoms. The van der Waals surface area contributed by atoms with Crippen LogP contribution in [-0.2, 0) is 0 Å². The first kappa shape index (κ1) is 30.4. The van der Waals surface area contributed by atoms with E-state index in [2.05, 4.69) is 81.9 Å². The summed E-state index contributed by atoms with van der Waals surface area (Å²) in [7, 11) is 0. The van der Waals surface area contributed by atoms with Gasteiger partial charge in [0, 0.05) is 43.1 Å². The van der Waals surface area contributed by atoms with Crippen LogP contribution < -0.4 is 0 Å². The summed E-state index contributed by atoms with van der Waals surface area (Å²) in [5, 5.41) is 30.0. The summed E-state index contributed by atoms with van der Waals surface area (Å²) < 4.78 is 16.9. The smallest absolute Gasteiger partial charge is 0.136 e. The molecule has 0 spiro atoms. The minimum absolute atomic E-state index is 0.531. The molecule has 0 saturated heterocycles. The Kier molecular flexibility index (Phi) is 6.10. The van der Waals surface area contributed by atoms with Crippen molar-refractivity contribution < 1.29 is 8.83 Å². The molecular weight excluding hydrogens is 689 g/mol. The summed E-state index contributed by atoms with van der Waals surface area (Å²) >= 11 is 0. The van der Waals surface area contributed by atoms with Crippen molar-refractivity contribution in [1.82, 2.24) is 9.13 Å². The minimum Gasteiger partial charge on any atom is -0.456 e. The van der Waals surface area contributed by atoms with Gasteiger partial charge in [0.25, 0.3) is 0 Å². The van der Waals surface area contributed by atoms with E-state index in [1.54, 1.807) is 0 Å². The van der Waals surface area contributed by atoms with E-state index in [0.29, 0.717) is 11.1 Å². The molecule has 6 heteroatoms. The number of nitriles is 2. The fraction of sp³-hybridized carbons (Fsp3) is 0. The molecule has 0 bridgehead atoms. The van der Waals surface area contributed by atoms with Crippen LogP contribution in [0.1, 0.15) is 11.1 Å². The zero-order chi connectivity index (χ0) is 37.1. The molecule has 0 saturated carbocycles. The van der Waals surface area contributed by atoms with Gasteiger partial charge in [-0.15, -0.1) is 0 Å². The van der Waals surface area contributed by atoms with Crippen molar-refractivity contribution in [2.45, 2.75) is 0 Å². The van der Waals surface area contributed by atoms with Crippen molar-refractivity contribution in [2.24, 2.45) is 0 Å². The van der Waals surface area contributed by atoms with Gasteiger partial charge in [-0.1, -0.05) is 84.9 Å². The lowest BCUT2D eigenvalue weighted by Crippen LogP contribution is -1.99. The number of benzene rings is 8. The number of hydrogen-bond donors (Lipinski definition) is 0. The zero-order valence-corrected chi connectivity index (χ0v) is 29.6. The average Bonchev–Trinajstić information content (AvgIpc) is 4.00. The third-order valence-corrected chi connectivity index (χ3v) is 11.4. The van der Waals surface area contributed by atoms with Crippen molar-refractivity contribution in [3.8, 4) is 34.6 Å². The highest BCUT2D eigenvalue weighted by atomic mass is 16.3. The highest BCUT2D eigenvalue weighted by Gasteiger charge is 2.22. The van der Waals surface area contributed by atoms with E-state index in [-0.39, 0.29) is 0 Å². The second-order valence-corrected chi connectivity index (χ2v) is 14.3. The molecule has 0 atom stereocenters. The van der Waals surface area contributed by atoms with Crippen molar-refractivity contribution in [2.75, 3.05) is 0 Å². The second-order valence-electron chi connectivity index (χ2n) is 14.3. The Labute approximate surface area is 318 Å². The molecule has 6 nitrogen and oxygen atoms in total. The van der Waals surface area contributed by atoms with E-state index >= 15 is 0 Å². The van der Waals surface area contributed by atoms with E-state index in [1.807, 2.05) is 97.1 Å². The summed E-state index contributed by atoms with van der Waals surface area (Å²) in [4.78, 5) is 0. The van der Waals surface area contributed by atoms with Gasteiger partial charge in [-0.3, -0.25) is 0 Å². The maximum absolute atomic E-state index is 10.7. The summed E-state index contributed by atoms with van der Waals surface area (Å²) in [5.41, 5.74) is 11.7. The number of nitrogens with zero attached hydrogens (tertiary/aromatic N) is 4. The van der Waals surface area contributed by atoms with Crippen LogP contribution in [0.3, 0.4) is 0 Å². The first-order valence-electron chi connectivity index (χ1n) is 18.5. The van der Waals surface area contributed by atoms with Gasteiger partial charge in [-0.05, 0) is 83.9 Å². The standard InChI is InChI=1S/C50H26N4O2/c51-27-31-25-29(17-19-37(31)53-39-13-5-1-9-33(39)47-41(53)21-23-45-49(47)35-11-3-7-15-43(35)55-45)30-18-20-38(32(26-30)28-52)54-40-14-6-2-10-34(40)48-42(54)22-24-46-50(48)36-12-4-8-16-44(36)56-46/h1-26H. The number of furan rings is 2. The number of fused-ring (bicyclic) bond motifs is 14. The van der Waals surface area contributed by atoms with E-state index in [9.17, 15) is 10.5 Å². The third-order valence-electron chi connectivity index (χ3n) is 11.4. The number of para-hydroxylation sites is 4. The topological polar surface area (TPSA) is 83.7 Å². The fourth-order valence-electron chi connectivity index (χ4n) is 9.07. The summed E-state index contributed by atoms with van der Waals surface area (Å²) in [5.74, 6) is 0. The van der Waals surface area contributed by atoms with Crippen LogP contribution in [0.15, 0.2) is 167 Å². The van der Waals surface area contributed by atoms with Crippen LogP contribution in [0.4, 0.5) is 0 Å². The van der Waals surface area contributed by atoms with Gasteiger partial charge in [0.2, 0.25) is 0 Å². The number of aromatic nitrogens is 2.